The van der Waals surface area contributed by atoms with E-state index in [4.69, 9.17) is 0 Å². The number of non-ortho nitro benzene ring substituents is 1. The fraction of sp³-hybridized carbons (Fsp3) is 0.105. The van der Waals surface area contributed by atoms with Crippen molar-refractivity contribution >= 4 is 28.2 Å². The van der Waals surface area contributed by atoms with Crippen LogP contribution in [-0.2, 0) is 0 Å². The number of hydrogen-bond acceptors (Lipinski definition) is 6. The highest BCUT2D eigenvalue weighted by atomic mass is 32.2. The second-order valence-electron chi connectivity index (χ2n) is 6.01. The average Bonchev–Trinajstić information content (AvgIpc) is 3.02. The van der Waals surface area contributed by atoms with E-state index >= 15 is 0 Å². The lowest BCUT2D eigenvalue weighted by Crippen LogP contribution is -2.01. The van der Waals surface area contributed by atoms with Crippen LogP contribution in [0, 0.1) is 24.0 Å². The average molecular weight is 377 g/mol. The first-order valence-corrected chi connectivity index (χ1v) is 9.05. The van der Waals surface area contributed by atoms with Crippen molar-refractivity contribution in [1.82, 2.24) is 19.7 Å². The van der Waals surface area contributed by atoms with Crippen LogP contribution in [0.2, 0.25) is 0 Å². The summed E-state index contributed by atoms with van der Waals surface area (Å²) in [6.07, 6.45) is 3.16. The van der Waals surface area contributed by atoms with E-state index in [2.05, 4.69) is 15.2 Å². The topological polar surface area (TPSA) is 86.7 Å². The van der Waals surface area contributed by atoms with Gasteiger partial charge in [0.15, 0.2) is 0 Å². The molecule has 0 amide bonds. The van der Waals surface area contributed by atoms with Gasteiger partial charge in [0.2, 0.25) is 5.16 Å². The minimum absolute atomic E-state index is 0.0407. The predicted molar refractivity (Wildman–Crippen MR) is 103 cm³/mol. The molecule has 7 nitrogen and oxygen atoms in total. The largest absolute Gasteiger partial charge is 0.278 e. The molecule has 27 heavy (non-hydrogen) atoms. The normalized spacial score (nSPS) is 11.0. The molecule has 0 N–H and O–H groups in total. The number of rotatable bonds is 4. The number of para-hydroxylation sites is 1. The summed E-state index contributed by atoms with van der Waals surface area (Å²) < 4.78 is 1.99. The van der Waals surface area contributed by atoms with Crippen molar-refractivity contribution in [2.45, 2.75) is 23.9 Å². The Morgan fingerprint density at radius 3 is 2.63 bits per heavy atom. The summed E-state index contributed by atoms with van der Waals surface area (Å²) in [5.41, 5.74) is 2.16. The number of aromatic nitrogens is 4. The lowest BCUT2D eigenvalue weighted by atomic mass is 10.1. The maximum absolute atomic E-state index is 11.3. The molecule has 0 bridgehead atoms. The SMILES string of the molecule is Cc1ccccc1-n1c(C)nnc1Sc1ccc([N+](=O)[O-])c2cnccc12. The van der Waals surface area contributed by atoms with Gasteiger partial charge in [0.05, 0.1) is 16.0 Å². The molecule has 4 rings (SSSR count). The summed E-state index contributed by atoms with van der Waals surface area (Å²) in [7, 11) is 0. The fourth-order valence-electron chi connectivity index (χ4n) is 2.99. The summed E-state index contributed by atoms with van der Waals surface area (Å²) in [6, 6.07) is 13.1. The van der Waals surface area contributed by atoms with E-state index in [0.717, 1.165) is 27.4 Å². The minimum Gasteiger partial charge on any atom is -0.274 e. The van der Waals surface area contributed by atoms with Gasteiger partial charge in [-0.1, -0.05) is 18.2 Å². The van der Waals surface area contributed by atoms with Crippen molar-refractivity contribution < 1.29 is 4.92 Å². The summed E-state index contributed by atoms with van der Waals surface area (Å²) in [4.78, 5) is 15.8. The van der Waals surface area contributed by atoms with Gasteiger partial charge in [0.1, 0.15) is 5.82 Å². The second-order valence-corrected chi connectivity index (χ2v) is 7.02. The van der Waals surface area contributed by atoms with E-state index < -0.39 is 4.92 Å². The number of pyridine rings is 1. The van der Waals surface area contributed by atoms with Gasteiger partial charge in [-0.15, -0.1) is 10.2 Å². The summed E-state index contributed by atoms with van der Waals surface area (Å²) in [5, 5.41) is 21.8. The minimum atomic E-state index is -0.390. The molecule has 2 heterocycles. The summed E-state index contributed by atoms with van der Waals surface area (Å²) in [6.45, 7) is 3.94. The van der Waals surface area contributed by atoms with E-state index in [0.29, 0.717) is 10.5 Å². The zero-order chi connectivity index (χ0) is 19.0. The molecule has 0 atom stereocenters. The third kappa shape index (κ3) is 3.04. The van der Waals surface area contributed by atoms with Crippen LogP contribution in [0.5, 0.6) is 0 Å². The first-order valence-electron chi connectivity index (χ1n) is 8.23. The monoisotopic (exact) mass is 377 g/mol. The molecule has 0 unspecified atom stereocenters. The molecular weight excluding hydrogens is 362 g/mol. The van der Waals surface area contributed by atoms with Crippen molar-refractivity contribution in [2.24, 2.45) is 0 Å². The number of hydrogen-bond donors (Lipinski definition) is 0. The highest BCUT2D eigenvalue weighted by molar-refractivity contribution is 7.99. The highest BCUT2D eigenvalue weighted by Crippen LogP contribution is 2.37. The first kappa shape index (κ1) is 17.2. The summed E-state index contributed by atoms with van der Waals surface area (Å²) >= 11 is 1.43. The molecule has 0 spiro atoms. The Bertz CT molecular complexity index is 1170. The highest BCUT2D eigenvalue weighted by Gasteiger charge is 2.18. The lowest BCUT2D eigenvalue weighted by molar-refractivity contribution is -0.383. The molecule has 2 aromatic heterocycles. The molecule has 0 aliphatic heterocycles. The van der Waals surface area contributed by atoms with Gasteiger partial charge in [0, 0.05) is 28.7 Å². The van der Waals surface area contributed by atoms with Crippen LogP contribution >= 0.6 is 11.8 Å². The first-order chi connectivity index (χ1) is 13.1. The van der Waals surface area contributed by atoms with Gasteiger partial charge >= 0.3 is 0 Å². The van der Waals surface area contributed by atoms with Gasteiger partial charge in [-0.05, 0) is 49.4 Å². The van der Waals surface area contributed by atoms with Crippen molar-refractivity contribution in [2.75, 3.05) is 0 Å². The molecule has 0 aliphatic rings. The van der Waals surface area contributed by atoms with Gasteiger partial charge in [-0.25, -0.2) is 0 Å². The zero-order valence-electron chi connectivity index (χ0n) is 14.7. The van der Waals surface area contributed by atoms with Crippen molar-refractivity contribution in [1.29, 1.82) is 0 Å². The standard InChI is InChI=1S/C19H15N5O2S/c1-12-5-3-4-6-16(12)23-13(2)21-22-19(23)27-18-8-7-17(24(25)26)15-11-20-10-9-14(15)18/h3-11H,1-2H3. The van der Waals surface area contributed by atoms with Crippen LogP contribution in [0.15, 0.2) is 64.9 Å². The zero-order valence-corrected chi connectivity index (χ0v) is 15.5. The Labute approximate surface area is 159 Å². The molecule has 0 aliphatic carbocycles. The molecule has 0 radical (unpaired) electrons. The van der Waals surface area contributed by atoms with Crippen LogP contribution in [0.1, 0.15) is 11.4 Å². The van der Waals surface area contributed by atoms with Crippen molar-refractivity contribution in [3.63, 3.8) is 0 Å². The number of benzene rings is 2. The van der Waals surface area contributed by atoms with Crippen LogP contribution in [0.4, 0.5) is 5.69 Å². The Balaban J connectivity index is 1.85. The maximum atomic E-state index is 11.3. The van der Waals surface area contributed by atoms with Crippen LogP contribution < -0.4 is 0 Å². The molecule has 4 aromatic rings. The third-order valence-corrected chi connectivity index (χ3v) is 5.33. The number of nitro benzene ring substituents is 1. The molecule has 0 saturated heterocycles. The van der Waals surface area contributed by atoms with E-state index in [-0.39, 0.29) is 5.69 Å². The molecule has 2 aromatic carbocycles. The molecule has 0 saturated carbocycles. The van der Waals surface area contributed by atoms with Gasteiger partial charge < -0.3 is 0 Å². The van der Waals surface area contributed by atoms with Crippen molar-refractivity contribution in [3.8, 4) is 5.69 Å². The van der Waals surface area contributed by atoms with Crippen LogP contribution in [0.25, 0.3) is 16.5 Å². The van der Waals surface area contributed by atoms with Crippen LogP contribution in [0.3, 0.4) is 0 Å². The predicted octanol–water partition coefficient (Wildman–Crippen LogP) is 4.49. The van der Waals surface area contributed by atoms with Crippen molar-refractivity contribution in [3.05, 3.63) is 76.4 Å². The van der Waals surface area contributed by atoms with E-state index in [1.165, 1.54) is 24.0 Å². The van der Waals surface area contributed by atoms with Crippen LogP contribution in [-0.4, -0.2) is 24.7 Å². The lowest BCUT2D eigenvalue weighted by Gasteiger charge is -2.12. The molecule has 134 valence electrons. The quantitative estimate of drug-likeness (QED) is 0.385. The Morgan fingerprint density at radius 1 is 1.04 bits per heavy atom. The van der Waals surface area contributed by atoms with E-state index in [1.807, 2.05) is 42.7 Å². The van der Waals surface area contributed by atoms with E-state index in [1.54, 1.807) is 18.3 Å². The Kier molecular flexibility index (Phi) is 4.33. The Morgan fingerprint density at radius 2 is 1.85 bits per heavy atom. The number of nitrogens with zero attached hydrogens (tertiary/aromatic N) is 5. The van der Waals surface area contributed by atoms with Gasteiger partial charge in [-0.3, -0.25) is 19.7 Å². The van der Waals surface area contributed by atoms with Gasteiger partial charge in [0.25, 0.3) is 5.69 Å². The maximum Gasteiger partial charge on any atom is 0.278 e. The third-order valence-electron chi connectivity index (χ3n) is 4.30. The molecule has 0 fully saturated rings. The summed E-state index contributed by atoms with van der Waals surface area (Å²) in [5.74, 6) is 0.777. The number of nitro groups is 1. The second kappa shape index (κ2) is 6.81. The van der Waals surface area contributed by atoms with Gasteiger partial charge in [-0.2, -0.15) is 0 Å². The molecule has 8 heteroatoms. The fourth-order valence-corrected chi connectivity index (χ4v) is 4.02. The number of fused-ring (bicyclic) bond motifs is 1. The Hall–Kier alpha value is -3.26. The number of aryl methyl sites for hydroxylation is 2. The smallest absolute Gasteiger partial charge is 0.274 e. The molecular formula is C19H15N5O2S. The van der Waals surface area contributed by atoms with E-state index in [9.17, 15) is 10.1 Å².